The van der Waals surface area contributed by atoms with E-state index in [1.807, 2.05) is 30.3 Å². The van der Waals surface area contributed by atoms with Gasteiger partial charge in [-0.25, -0.2) is 4.79 Å². The summed E-state index contributed by atoms with van der Waals surface area (Å²) in [6.45, 7) is 3.79. The highest BCUT2D eigenvalue weighted by atomic mass is 16.3. The van der Waals surface area contributed by atoms with Crippen molar-refractivity contribution in [2.24, 2.45) is 0 Å². The van der Waals surface area contributed by atoms with E-state index >= 15 is 0 Å². The number of aliphatic hydroxyl groups excluding tert-OH is 1. The lowest BCUT2D eigenvalue weighted by molar-refractivity contribution is 0.127. The molecule has 2 amide bonds. The van der Waals surface area contributed by atoms with Gasteiger partial charge in [0.05, 0.1) is 12.3 Å². The smallest absolute Gasteiger partial charge is 0.321 e. The van der Waals surface area contributed by atoms with E-state index in [0.29, 0.717) is 19.6 Å². The molecule has 1 aromatic carbocycles. The number of urea groups is 1. The van der Waals surface area contributed by atoms with Crippen molar-refractivity contribution >= 4 is 11.7 Å². The minimum atomic E-state index is -0.0806. The van der Waals surface area contributed by atoms with Crippen molar-refractivity contribution in [3.05, 3.63) is 36.5 Å². The second-order valence-electron chi connectivity index (χ2n) is 5.53. The van der Waals surface area contributed by atoms with Crippen LogP contribution in [-0.4, -0.2) is 70.5 Å². The number of carbonyl (C=O) groups excluding carboxylic acids is 1. The average molecular weight is 315 g/mol. The SMILES string of the molecule is O=C(Nc1ccc(-c2ccn[nH]2)cc1)N1CCN(CCO)CC1. The Hall–Kier alpha value is -2.38. The lowest BCUT2D eigenvalue weighted by Crippen LogP contribution is -2.50. The number of benzene rings is 1. The zero-order valence-electron chi connectivity index (χ0n) is 12.9. The lowest BCUT2D eigenvalue weighted by Gasteiger charge is -2.34. The van der Waals surface area contributed by atoms with E-state index in [4.69, 9.17) is 5.11 Å². The largest absolute Gasteiger partial charge is 0.395 e. The summed E-state index contributed by atoms with van der Waals surface area (Å²) in [7, 11) is 0. The normalized spacial score (nSPS) is 15.6. The summed E-state index contributed by atoms with van der Waals surface area (Å²) < 4.78 is 0. The molecule has 7 heteroatoms. The minimum Gasteiger partial charge on any atom is -0.395 e. The molecule has 0 unspecified atom stereocenters. The van der Waals surface area contributed by atoms with Crippen LogP contribution in [0.3, 0.4) is 0 Å². The van der Waals surface area contributed by atoms with E-state index in [-0.39, 0.29) is 12.6 Å². The van der Waals surface area contributed by atoms with Gasteiger partial charge in [0.2, 0.25) is 0 Å². The molecule has 2 aromatic rings. The summed E-state index contributed by atoms with van der Waals surface area (Å²) >= 11 is 0. The summed E-state index contributed by atoms with van der Waals surface area (Å²) in [6.07, 6.45) is 1.71. The topological polar surface area (TPSA) is 84.5 Å². The molecule has 7 nitrogen and oxygen atoms in total. The fourth-order valence-electron chi connectivity index (χ4n) is 2.67. The predicted octanol–water partition coefficient (Wildman–Crippen LogP) is 1.22. The van der Waals surface area contributed by atoms with Crippen molar-refractivity contribution < 1.29 is 9.90 Å². The number of hydrogen-bond donors (Lipinski definition) is 3. The standard InChI is InChI=1S/C16H21N5O2/c22-12-11-20-7-9-21(10-8-20)16(23)18-14-3-1-13(2-4-14)15-5-6-17-19-15/h1-6,22H,7-12H2,(H,17,19)(H,18,23). The van der Waals surface area contributed by atoms with Crippen molar-refractivity contribution in [1.29, 1.82) is 0 Å². The molecule has 0 aliphatic carbocycles. The molecule has 23 heavy (non-hydrogen) atoms. The number of β-amino-alcohol motifs (C(OH)–C–C–N with tert-alkyl or cyclic N) is 1. The molecule has 122 valence electrons. The van der Waals surface area contributed by atoms with Crippen LogP contribution in [0.5, 0.6) is 0 Å². The van der Waals surface area contributed by atoms with Gasteiger partial charge in [-0.05, 0) is 23.8 Å². The number of hydrogen-bond acceptors (Lipinski definition) is 4. The van der Waals surface area contributed by atoms with Gasteiger partial charge < -0.3 is 15.3 Å². The van der Waals surface area contributed by atoms with Crippen molar-refractivity contribution in [2.45, 2.75) is 0 Å². The first-order chi connectivity index (χ1) is 11.3. The highest BCUT2D eigenvalue weighted by Gasteiger charge is 2.20. The number of aromatic amines is 1. The fraction of sp³-hybridized carbons (Fsp3) is 0.375. The van der Waals surface area contributed by atoms with Gasteiger partial charge >= 0.3 is 6.03 Å². The number of anilines is 1. The third-order valence-corrected chi connectivity index (χ3v) is 4.02. The monoisotopic (exact) mass is 315 g/mol. The number of carbonyl (C=O) groups is 1. The van der Waals surface area contributed by atoms with Crippen LogP contribution in [0.2, 0.25) is 0 Å². The molecule has 3 N–H and O–H groups in total. The Balaban J connectivity index is 1.54. The second kappa shape index (κ2) is 7.26. The van der Waals surface area contributed by atoms with Crippen LogP contribution in [0.1, 0.15) is 0 Å². The fourth-order valence-corrected chi connectivity index (χ4v) is 2.67. The van der Waals surface area contributed by atoms with Crippen LogP contribution in [-0.2, 0) is 0 Å². The van der Waals surface area contributed by atoms with Gasteiger partial charge in [-0.15, -0.1) is 0 Å². The molecule has 0 bridgehead atoms. The molecule has 1 saturated heterocycles. The number of rotatable bonds is 4. The van der Waals surface area contributed by atoms with Crippen LogP contribution in [0.4, 0.5) is 10.5 Å². The number of nitrogens with one attached hydrogen (secondary N) is 2. The van der Waals surface area contributed by atoms with E-state index in [1.165, 1.54) is 0 Å². The third kappa shape index (κ3) is 3.88. The number of amides is 2. The Bertz CT molecular complexity index is 618. The first-order valence-corrected chi connectivity index (χ1v) is 7.75. The lowest BCUT2D eigenvalue weighted by atomic mass is 10.1. The van der Waals surface area contributed by atoms with Crippen LogP contribution in [0.25, 0.3) is 11.3 Å². The summed E-state index contributed by atoms with van der Waals surface area (Å²) in [5.74, 6) is 0. The van der Waals surface area contributed by atoms with Crippen molar-refractivity contribution in [2.75, 3.05) is 44.6 Å². The van der Waals surface area contributed by atoms with Gasteiger partial charge in [-0.3, -0.25) is 10.00 Å². The Morgan fingerprint density at radius 2 is 1.91 bits per heavy atom. The van der Waals surface area contributed by atoms with Gasteiger partial charge in [0.1, 0.15) is 0 Å². The molecule has 3 rings (SSSR count). The van der Waals surface area contributed by atoms with Crippen LogP contribution >= 0.6 is 0 Å². The summed E-state index contributed by atoms with van der Waals surface area (Å²) in [5.41, 5.74) is 2.75. The molecule has 0 radical (unpaired) electrons. The maximum Gasteiger partial charge on any atom is 0.321 e. The molecule has 1 fully saturated rings. The molecule has 0 spiro atoms. The van der Waals surface area contributed by atoms with Crippen molar-refractivity contribution in [3.8, 4) is 11.3 Å². The van der Waals surface area contributed by atoms with Gasteiger partial charge in [0.25, 0.3) is 0 Å². The third-order valence-electron chi connectivity index (χ3n) is 4.02. The van der Waals surface area contributed by atoms with Gasteiger partial charge in [0, 0.05) is 44.6 Å². The van der Waals surface area contributed by atoms with Crippen molar-refractivity contribution in [1.82, 2.24) is 20.0 Å². The minimum absolute atomic E-state index is 0.0806. The molecule has 0 saturated carbocycles. The maximum absolute atomic E-state index is 12.3. The summed E-state index contributed by atoms with van der Waals surface area (Å²) in [5, 5.41) is 18.7. The van der Waals surface area contributed by atoms with E-state index in [1.54, 1.807) is 11.1 Å². The van der Waals surface area contributed by atoms with Gasteiger partial charge in [-0.2, -0.15) is 5.10 Å². The van der Waals surface area contributed by atoms with E-state index in [9.17, 15) is 4.79 Å². The van der Waals surface area contributed by atoms with Crippen LogP contribution in [0.15, 0.2) is 36.5 Å². The zero-order valence-corrected chi connectivity index (χ0v) is 12.9. The molecule has 0 atom stereocenters. The quantitative estimate of drug-likeness (QED) is 0.792. The van der Waals surface area contributed by atoms with E-state index in [2.05, 4.69) is 20.4 Å². The Morgan fingerprint density at radius 1 is 1.17 bits per heavy atom. The second-order valence-corrected chi connectivity index (χ2v) is 5.53. The van der Waals surface area contributed by atoms with Crippen molar-refractivity contribution in [3.63, 3.8) is 0 Å². The number of aromatic nitrogens is 2. The molecular weight excluding hydrogens is 294 g/mol. The first-order valence-electron chi connectivity index (χ1n) is 7.75. The predicted molar refractivity (Wildman–Crippen MR) is 88.1 cm³/mol. The maximum atomic E-state index is 12.3. The molecule has 1 aliphatic heterocycles. The molecular formula is C16H21N5O2. The number of piperazine rings is 1. The van der Waals surface area contributed by atoms with Gasteiger partial charge in [0.15, 0.2) is 0 Å². The highest BCUT2D eigenvalue weighted by molar-refractivity contribution is 5.89. The first kappa shape index (κ1) is 15.5. The summed E-state index contributed by atoms with van der Waals surface area (Å²) in [4.78, 5) is 16.2. The zero-order chi connectivity index (χ0) is 16.1. The highest BCUT2D eigenvalue weighted by Crippen LogP contribution is 2.19. The molecule has 2 heterocycles. The van der Waals surface area contributed by atoms with E-state index in [0.717, 1.165) is 30.0 Å². The van der Waals surface area contributed by atoms with Gasteiger partial charge in [-0.1, -0.05) is 12.1 Å². The van der Waals surface area contributed by atoms with E-state index < -0.39 is 0 Å². The Morgan fingerprint density at radius 3 is 2.52 bits per heavy atom. The number of H-pyrrole nitrogens is 1. The Kier molecular flexibility index (Phi) is 4.89. The average Bonchev–Trinajstić information content (AvgIpc) is 3.11. The molecule has 1 aromatic heterocycles. The number of nitrogens with zero attached hydrogens (tertiary/aromatic N) is 3. The number of aliphatic hydroxyl groups is 1. The summed E-state index contributed by atoms with van der Waals surface area (Å²) in [6, 6.07) is 9.49. The van der Waals surface area contributed by atoms with Crippen LogP contribution in [0, 0.1) is 0 Å². The molecule has 1 aliphatic rings. The van der Waals surface area contributed by atoms with Crippen LogP contribution < -0.4 is 5.32 Å². The Labute approximate surface area is 134 Å².